The van der Waals surface area contributed by atoms with E-state index in [1.807, 2.05) is 12.1 Å². The standard InChI is InChI=1S/C17H21NO/c1-3-4-12-18-16-7-5-6-15(13-16)14-8-10-17(19-2)11-9-14/h5-11,13,18H,3-4,12H2,1-2H3. The van der Waals surface area contributed by atoms with Crippen molar-refractivity contribution in [2.75, 3.05) is 19.0 Å². The Kier molecular flexibility index (Phi) is 4.85. The van der Waals surface area contributed by atoms with E-state index < -0.39 is 0 Å². The van der Waals surface area contributed by atoms with E-state index in [-0.39, 0.29) is 0 Å². The summed E-state index contributed by atoms with van der Waals surface area (Å²) in [6.45, 7) is 3.23. The maximum absolute atomic E-state index is 5.18. The molecule has 0 fully saturated rings. The molecule has 2 aromatic carbocycles. The summed E-state index contributed by atoms with van der Waals surface area (Å²) in [7, 11) is 1.69. The molecule has 0 aliphatic rings. The van der Waals surface area contributed by atoms with Gasteiger partial charge in [-0.15, -0.1) is 0 Å². The van der Waals surface area contributed by atoms with Crippen molar-refractivity contribution in [3.05, 3.63) is 48.5 Å². The van der Waals surface area contributed by atoms with Gasteiger partial charge in [-0.05, 0) is 41.8 Å². The third-order valence-electron chi connectivity index (χ3n) is 3.15. The maximum Gasteiger partial charge on any atom is 0.118 e. The van der Waals surface area contributed by atoms with Gasteiger partial charge >= 0.3 is 0 Å². The smallest absolute Gasteiger partial charge is 0.118 e. The van der Waals surface area contributed by atoms with Crippen molar-refractivity contribution >= 4 is 5.69 Å². The second-order valence-electron chi connectivity index (χ2n) is 4.59. The van der Waals surface area contributed by atoms with Gasteiger partial charge in [-0.1, -0.05) is 37.6 Å². The highest BCUT2D eigenvalue weighted by Crippen LogP contribution is 2.24. The lowest BCUT2D eigenvalue weighted by Crippen LogP contribution is -2.00. The van der Waals surface area contributed by atoms with Crippen LogP contribution in [0.5, 0.6) is 5.75 Å². The fourth-order valence-electron chi connectivity index (χ4n) is 2.00. The van der Waals surface area contributed by atoms with Crippen LogP contribution in [0.1, 0.15) is 19.8 Å². The van der Waals surface area contributed by atoms with E-state index in [0.717, 1.165) is 12.3 Å². The molecule has 1 N–H and O–H groups in total. The number of unbranched alkanes of at least 4 members (excludes halogenated alkanes) is 1. The molecule has 0 amide bonds. The van der Waals surface area contributed by atoms with Gasteiger partial charge in [0, 0.05) is 12.2 Å². The minimum absolute atomic E-state index is 0.890. The third kappa shape index (κ3) is 3.75. The van der Waals surface area contributed by atoms with E-state index in [9.17, 15) is 0 Å². The molecule has 0 aliphatic heterocycles. The van der Waals surface area contributed by atoms with Crippen molar-refractivity contribution in [3.8, 4) is 16.9 Å². The highest BCUT2D eigenvalue weighted by molar-refractivity contribution is 5.68. The summed E-state index contributed by atoms with van der Waals surface area (Å²) in [5, 5.41) is 3.45. The van der Waals surface area contributed by atoms with E-state index in [1.165, 1.54) is 29.7 Å². The molecule has 0 saturated carbocycles. The van der Waals surface area contributed by atoms with Crippen LogP contribution in [-0.4, -0.2) is 13.7 Å². The van der Waals surface area contributed by atoms with Gasteiger partial charge in [-0.25, -0.2) is 0 Å². The Morgan fingerprint density at radius 2 is 1.79 bits per heavy atom. The first-order chi connectivity index (χ1) is 9.33. The van der Waals surface area contributed by atoms with E-state index in [2.05, 4.69) is 48.6 Å². The van der Waals surface area contributed by atoms with E-state index in [4.69, 9.17) is 4.74 Å². The first-order valence-corrected chi connectivity index (χ1v) is 6.82. The van der Waals surface area contributed by atoms with Crippen LogP contribution in [0.4, 0.5) is 5.69 Å². The number of nitrogens with one attached hydrogen (secondary N) is 1. The molecule has 2 heteroatoms. The van der Waals surface area contributed by atoms with Crippen molar-refractivity contribution in [2.45, 2.75) is 19.8 Å². The Balaban J connectivity index is 2.12. The largest absolute Gasteiger partial charge is 0.497 e. The van der Waals surface area contributed by atoms with Gasteiger partial charge in [0.2, 0.25) is 0 Å². The summed E-state index contributed by atoms with van der Waals surface area (Å²) in [6.07, 6.45) is 2.41. The Morgan fingerprint density at radius 3 is 2.47 bits per heavy atom. The highest BCUT2D eigenvalue weighted by atomic mass is 16.5. The van der Waals surface area contributed by atoms with Crippen LogP contribution >= 0.6 is 0 Å². The van der Waals surface area contributed by atoms with Gasteiger partial charge in [-0.3, -0.25) is 0 Å². The van der Waals surface area contributed by atoms with Crippen molar-refractivity contribution in [1.29, 1.82) is 0 Å². The first-order valence-electron chi connectivity index (χ1n) is 6.82. The van der Waals surface area contributed by atoms with Gasteiger partial charge < -0.3 is 10.1 Å². The molecule has 0 aliphatic carbocycles. The average Bonchev–Trinajstić information content (AvgIpc) is 2.48. The number of methoxy groups -OCH3 is 1. The maximum atomic E-state index is 5.18. The van der Waals surface area contributed by atoms with Crippen LogP contribution in [0.2, 0.25) is 0 Å². The van der Waals surface area contributed by atoms with Crippen molar-refractivity contribution < 1.29 is 4.74 Å². The molecule has 2 nitrogen and oxygen atoms in total. The molecule has 0 spiro atoms. The number of rotatable bonds is 6. The number of anilines is 1. The molecule has 0 bridgehead atoms. The highest BCUT2D eigenvalue weighted by Gasteiger charge is 1.99. The van der Waals surface area contributed by atoms with Crippen LogP contribution in [0.15, 0.2) is 48.5 Å². The normalized spacial score (nSPS) is 10.2. The van der Waals surface area contributed by atoms with Crippen molar-refractivity contribution in [1.82, 2.24) is 0 Å². The Morgan fingerprint density at radius 1 is 1.00 bits per heavy atom. The lowest BCUT2D eigenvalue weighted by atomic mass is 10.0. The monoisotopic (exact) mass is 255 g/mol. The lowest BCUT2D eigenvalue weighted by molar-refractivity contribution is 0.415. The quantitative estimate of drug-likeness (QED) is 0.763. The molecule has 0 heterocycles. The van der Waals surface area contributed by atoms with Crippen molar-refractivity contribution in [3.63, 3.8) is 0 Å². The predicted molar refractivity (Wildman–Crippen MR) is 81.8 cm³/mol. The van der Waals surface area contributed by atoms with Crippen LogP contribution in [0, 0.1) is 0 Å². The van der Waals surface area contributed by atoms with Gasteiger partial charge in [-0.2, -0.15) is 0 Å². The fourth-order valence-corrected chi connectivity index (χ4v) is 2.00. The number of benzene rings is 2. The van der Waals surface area contributed by atoms with Gasteiger partial charge in [0.25, 0.3) is 0 Å². The Bertz CT molecular complexity index is 505. The third-order valence-corrected chi connectivity index (χ3v) is 3.15. The Hall–Kier alpha value is -1.96. The first kappa shape index (κ1) is 13.5. The van der Waals surface area contributed by atoms with E-state index in [0.29, 0.717) is 0 Å². The SMILES string of the molecule is CCCCNc1cccc(-c2ccc(OC)cc2)c1. The fraction of sp³-hybridized carbons (Fsp3) is 0.294. The average molecular weight is 255 g/mol. The summed E-state index contributed by atoms with van der Waals surface area (Å²) in [5.41, 5.74) is 3.62. The summed E-state index contributed by atoms with van der Waals surface area (Å²) in [5.74, 6) is 0.890. The molecule has 0 aromatic heterocycles. The molecular formula is C17H21NO. The zero-order valence-electron chi connectivity index (χ0n) is 11.6. The van der Waals surface area contributed by atoms with E-state index >= 15 is 0 Å². The lowest BCUT2D eigenvalue weighted by Gasteiger charge is -2.08. The summed E-state index contributed by atoms with van der Waals surface area (Å²) in [4.78, 5) is 0. The van der Waals surface area contributed by atoms with Gasteiger partial charge in [0.15, 0.2) is 0 Å². The van der Waals surface area contributed by atoms with Crippen LogP contribution < -0.4 is 10.1 Å². The molecule has 0 atom stereocenters. The van der Waals surface area contributed by atoms with E-state index in [1.54, 1.807) is 7.11 Å². The predicted octanol–water partition coefficient (Wildman–Crippen LogP) is 4.57. The topological polar surface area (TPSA) is 21.3 Å². The second-order valence-corrected chi connectivity index (χ2v) is 4.59. The van der Waals surface area contributed by atoms with Crippen molar-refractivity contribution in [2.24, 2.45) is 0 Å². The number of ether oxygens (including phenoxy) is 1. The van der Waals surface area contributed by atoms with Crippen LogP contribution in [0.3, 0.4) is 0 Å². The molecule has 100 valence electrons. The molecule has 0 unspecified atom stereocenters. The number of hydrogen-bond donors (Lipinski definition) is 1. The summed E-state index contributed by atoms with van der Waals surface area (Å²) >= 11 is 0. The van der Waals surface area contributed by atoms with Gasteiger partial charge in [0.1, 0.15) is 5.75 Å². The molecule has 2 aromatic rings. The molecule has 0 saturated heterocycles. The van der Waals surface area contributed by atoms with Crippen LogP contribution in [-0.2, 0) is 0 Å². The second kappa shape index (κ2) is 6.83. The Labute approximate surface area is 115 Å². The molecule has 19 heavy (non-hydrogen) atoms. The van der Waals surface area contributed by atoms with Gasteiger partial charge in [0.05, 0.1) is 7.11 Å². The molecule has 0 radical (unpaired) electrons. The minimum Gasteiger partial charge on any atom is -0.497 e. The molecule has 2 rings (SSSR count). The summed E-state index contributed by atoms with van der Waals surface area (Å²) < 4.78 is 5.18. The number of hydrogen-bond acceptors (Lipinski definition) is 2. The van der Waals surface area contributed by atoms with Crippen LogP contribution in [0.25, 0.3) is 11.1 Å². The summed E-state index contributed by atoms with van der Waals surface area (Å²) in [6, 6.07) is 16.7. The molecular weight excluding hydrogens is 234 g/mol. The zero-order chi connectivity index (χ0) is 13.5. The minimum atomic E-state index is 0.890. The zero-order valence-corrected chi connectivity index (χ0v) is 11.6.